The number of thiophene rings is 1. The molecule has 3 heterocycles. The van der Waals surface area contributed by atoms with Crippen LogP contribution in [-0.4, -0.2) is 55.9 Å². The third-order valence-electron chi connectivity index (χ3n) is 4.65. The summed E-state index contributed by atoms with van der Waals surface area (Å²) in [6.07, 6.45) is 0. The molecule has 2 aliphatic rings. The van der Waals surface area contributed by atoms with E-state index in [-0.39, 0.29) is 0 Å². The van der Waals surface area contributed by atoms with Gasteiger partial charge in [0, 0.05) is 44.0 Å². The lowest BCUT2D eigenvalue weighted by Crippen LogP contribution is -2.47. The quantitative estimate of drug-likeness (QED) is 0.673. The van der Waals surface area contributed by atoms with Crippen LogP contribution in [-0.2, 0) is 0 Å². The Morgan fingerprint density at radius 3 is 2.42 bits per heavy atom. The Labute approximate surface area is 155 Å². The van der Waals surface area contributed by atoms with Gasteiger partial charge in [0.2, 0.25) is 0 Å². The van der Waals surface area contributed by atoms with Crippen LogP contribution >= 0.6 is 34.5 Å². The lowest BCUT2D eigenvalue weighted by molar-refractivity contribution is 0.216. The lowest BCUT2D eigenvalue weighted by atomic mass is 10.2. The molecule has 0 radical (unpaired) electrons. The van der Waals surface area contributed by atoms with E-state index in [1.165, 1.54) is 5.56 Å². The molecule has 0 aliphatic carbocycles. The van der Waals surface area contributed by atoms with Crippen molar-refractivity contribution in [2.45, 2.75) is 0 Å². The standard InChI is InChI=1S/C17H18Cl2N4S/c1-21-3-5-23(6-4-21)17-11-9-24-10-16(11)22(2)15-8-13(19)12(18)7-14(15)20-17/h7-10H,3-6H2,1-2H3. The molecule has 0 unspecified atom stereocenters. The Bertz CT molecular complexity index is 809. The third-order valence-corrected chi connectivity index (χ3v) is 6.11. The zero-order valence-corrected chi connectivity index (χ0v) is 15.9. The number of likely N-dealkylation sites (N-methyl/N-ethyl adjacent to an activating group) is 1. The average molecular weight is 381 g/mol. The number of nitrogens with zero attached hydrogens (tertiary/aromatic N) is 4. The molecule has 1 fully saturated rings. The van der Waals surface area contributed by atoms with Crippen molar-refractivity contribution in [3.8, 4) is 0 Å². The van der Waals surface area contributed by atoms with Gasteiger partial charge in [0.1, 0.15) is 5.84 Å². The highest BCUT2D eigenvalue weighted by Gasteiger charge is 2.27. The Balaban J connectivity index is 1.86. The monoisotopic (exact) mass is 380 g/mol. The number of piperazine rings is 1. The molecule has 0 N–H and O–H groups in total. The first-order valence-electron chi connectivity index (χ1n) is 7.86. The molecule has 4 nitrogen and oxygen atoms in total. The molecule has 126 valence electrons. The van der Waals surface area contributed by atoms with E-state index in [0.29, 0.717) is 10.0 Å². The summed E-state index contributed by atoms with van der Waals surface area (Å²) in [4.78, 5) is 11.9. The summed E-state index contributed by atoms with van der Waals surface area (Å²) < 4.78 is 0. The van der Waals surface area contributed by atoms with Gasteiger partial charge in [0.05, 0.1) is 32.7 Å². The van der Waals surface area contributed by atoms with Crippen molar-refractivity contribution in [3.63, 3.8) is 0 Å². The van der Waals surface area contributed by atoms with Gasteiger partial charge in [-0.3, -0.25) is 0 Å². The largest absolute Gasteiger partial charge is 0.353 e. The van der Waals surface area contributed by atoms with Crippen LogP contribution in [0.25, 0.3) is 0 Å². The highest BCUT2D eigenvalue weighted by atomic mass is 35.5. The Hall–Kier alpha value is -1.27. The van der Waals surface area contributed by atoms with E-state index >= 15 is 0 Å². The molecule has 2 aliphatic heterocycles. The number of hydrogen-bond acceptors (Lipinski definition) is 5. The van der Waals surface area contributed by atoms with Gasteiger partial charge in [0.25, 0.3) is 0 Å². The average Bonchev–Trinajstić information content (AvgIpc) is 3.01. The molecule has 1 aromatic heterocycles. The molecule has 0 spiro atoms. The fourth-order valence-corrected chi connectivity index (χ4v) is 4.32. The molecule has 1 saturated heterocycles. The predicted molar refractivity (Wildman–Crippen MR) is 104 cm³/mol. The van der Waals surface area contributed by atoms with Crippen LogP contribution in [0.2, 0.25) is 10.0 Å². The molecule has 0 amide bonds. The zero-order chi connectivity index (χ0) is 16.8. The van der Waals surface area contributed by atoms with Crippen molar-refractivity contribution in [2.24, 2.45) is 4.99 Å². The first-order valence-corrected chi connectivity index (χ1v) is 9.56. The molecule has 4 rings (SSSR count). The second kappa shape index (κ2) is 6.23. The molecule has 0 atom stereocenters. The summed E-state index contributed by atoms with van der Waals surface area (Å²) in [5.74, 6) is 1.03. The van der Waals surface area contributed by atoms with Crippen molar-refractivity contribution >= 4 is 57.4 Å². The lowest BCUT2D eigenvalue weighted by Gasteiger charge is -2.34. The first kappa shape index (κ1) is 16.2. The number of anilines is 2. The topological polar surface area (TPSA) is 22.1 Å². The minimum absolute atomic E-state index is 0.537. The van der Waals surface area contributed by atoms with E-state index in [2.05, 4.69) is 39.6 Å². The van der Waals surface area contributed by atoms with E-state index in [4.69, 9.17) is 28.2 Å². The van der Waals surface area contributed by atoms with E-state index in [0.717, 1.165) is 49.1 Å². The van der Waals surface area contributed by atoms with Crippen LogP contribution in [0.15, 0.2) is 27.9 Å². The Kier molecular flexibility index (Phi) is 4.21. The zero-order valence-electron chi connectivity index (χ0n) is 13.6. The van der Waals surface area contributed by atoms with Crippen molar-refractivity contribution in [1.29, 1.82) is 0 Å². The summed E-state index contributed by atoms with van der Waals surface area (Å²) in [6.45, 7) is 4.04. The maximum absolute atomic E-state index is 6.25. The highest BCUT2D eigenvalue weighted by molar-refractivity contribution is 7.08. The second-order valence-corrected chi connectivity index (χ2v) is 7.77. The molecule has 24 heavy (non-hydrogen) atoms. The van der Waals surface area contributed by atoms with Gasteiger partial charge in [-0.1, -0.05) is 23.2 Å². The highest BCUT2D eigenvalue weighted by Crippen LogP contribution is 2.43. The Morgan fingerprint density at radius 2 is 1.67 bits per heavy atom. The summed E-state index contributed by atoms with van der Waals surface area (Å²) in [6, 6.07) is 3.76. The van der Waals surface area contributed by atoms with Gasteiger partial charge in [-0.2, -0.15) is 0 Å². The summed E-state index contributed by atoms with van der Waals surface area (Å²) in [7, 11) is 4.21. The predicted octanol–water partition coefficient (Wildman–Crippen LogP) is 4.46. The van der Waals surface area contributed by atoms with Gasteiger partial charge in [-0.25, -0.2) is 4.99 Å². The molecular formula is C17H18Cl2N4S. The van der Waals surface area contributed by atoms with E-state index in [9.17, 15) is 0 Å². The van der Waals surface area contributed by atoms with Gasteiger partial charge >= 0.3 is 0 Å². The molecule has 0 bridgehead atoms. The maximum Gasteiger partial charge on any atom is 0.139 e. The van der Waals surface area contributed by atoms with Gasteiger partial charge in [-0.05, 0) is 19.2 Å². The Morgan fingerprint density at radius 1 is 0.958 bits per heavy atom. The van der Waals surface area contributed by atoms with E-state index in [1.54, 1.807) is 11.3 Å². The van der Waals surface area contributed by atoms with Crippen LogP contribution in [0.1, 0.15) is 5.56 Å². The number of halogens is 2. The minimum atomic E-state index is 0.537. The van der Waals surface area contributed by atoms with Gasteiger partial charge in [-0.15, -0.1) is 11.3 Å². The van der Waals surface area contributed by atoms with Crippen LogP contribution in [0.3, 0.4) is 0 Å². The third kappa shape index (κ3) is 2.69. The van der Waals surface area contributed by atoms with Crippen LogP contribution < -0.4 is 4.90 Å². The normalized spacial score (nSPS) is 18.1. The van der Waals surface area contributed by atoms with Gasteiger partial charge < -0.3 is 14.7 Å². The number of hydrogen-bond donors (Lipinski definition) is 0. The molecule has 0 saturated carbocycles. The number of fused-ring (bicyclic) bond motifs is 2. The summed E-state index contributed by atoms with van der Waals surface area (Å²) in [5.41, 5.74) is 4.18. The van der Waals surface area contributed by atoms with Crippen molar-refractivity contribution in [1.82, 2.24) is 9.80 Å². The fourth-order valence-electron chi connectivity index (χ4n) is 3.16. The minimum Gasteiger partial charge on any atom is -0.353 e. The van der Waals surface area contributed by atoms with Crippen molar-refractivity contribution in [2.75, 3.05) is 45.2 Å². The number of amidine groups is 1. The smallest absolute Gasteiger partial charge is 0.139 e. The van der Waals surface area contributed by atoms with E-state index in [1.807, 2.05) is 12.1 Å². The molecule has 2 aromatic rings. The second-order valence-electron chi connectivity index (χ2n) is 6.21. The fraction of sp³-hybridized carbons (Fsp3) is 0.353. The number of aliphatic imine (C=N–C) groups is 1. The SMILES string of the molecule is CN1CCN(C2=Nc3cc(Cl)c(Cl)cc3N(C)c3cscc32)CC1. The summed E-state index contributed by atoms with van der Waals surface area (Å²) in [5, 5.41) is 5.43. The summed E-state index contributed by atoms with van der Waals surface area (Å²) >= 11 is 14.2. The number of benzene rings is 1. The van der Waals surface area contributed by atoms with Crippen LogP contribution in [0.4, 0.5) is 17.1 Å². The molecule has 1 aromatic carbocycles. The molecule has 7 heteroatoms. The first-order chi connectivity index (χ1) is 11.5. The van der Waals surface area contributed by atoms with Gasteiger partial charge in [0.15, 0.2) is 0 Å². The number of rotatable bonds is 0. The molecular weight excluding hydrogens is 363 g/mol. The maximum atomic E-state index is 6.25. The van der Waals surface area contributed by atoms with Crippen LogP contribution in [0.5, 0.6) is 0 Å². The van der Waals surface area contributed by atoms with Crippen molar-refractivity contribution < 1.29 is 0 Å². The van der Waals surface area contributed by atoms with Crippen molar-refractivity contribution in [3.05, 3.63) is 38.5 Å². The van der Waals surface area contributed by atoms with E-state index < -0.39 is 0 Å². The van der Waals surface area contributed by atoms with Crippen LogP contribution in [0, 0.1) is 0 Å².